The van der Waals surface area contributed by atoms with Gasteiger partial charge in [-0.2, -0.15) is 0 Å². The number of esters is 1. The van der Waals surface area contributed by atoms with Crippen LogP contribution >= 0.6 is 0 Å². The zero-order valence-corrected chi connectivity index (χ0v) is 10.2. The molecule has 0 aliphatic carbocycles. The van der Waals surface area contributed by atoms with Crippen LogP contribution in [-0.4, -0.2) is 34.2 Å². The van der Waals surface area contributed by atoms with E-state index in [4.69, 9.17) is 9.47 Å². The van der Waals surface area contributed by atoms with Gasteiger partial charge in [0.1, 0.15) is 6.33 Å². The summed E-state index contributed by atoms with van der Waals surface area (Å²) >= 11 is 0. The molecule has 0 aliphatic heterocycles. The SMILES string of the molecule is CCOC(=O)c1cn(-c2ccc(OC)nc2)cn1. The number of hydrogen-bond acceptors (Lipinski definition) is 5. The number of imidazole rings is 1. The van der Waals surface area contributed by atoms with Gasteiger partial charge in [0, 0.05) is 12.3 Å². The number of pyridine rings is 1. The largest absolute Gasteiger partial charge is 0.481 e. The highest BCUT2D eigenvalue weighted by Gasteiger charge is 2.10. The predicted octanol–water partition coefficient (Wildman–Crippen LogP) is 1.45. The third-order valence-electron chi connectivity index (χ3n) is 2.30. The summed E-state index contributed by atoms with van der Waals surface area (Å²) in [6.45, 7) is 2.08. The number of rotatable bonds is 4. The second-order valence-electron chi connectivity index (χ2n) is 3.45. The first-order chi connectivity index (χ1) is 8.74. The van der Waals surface area contributed by atoms with Crippen molar-refractivity contribution in [3.63, 3.8) is 0 Å². The standard InChI is InChI=1S/C12H13N3O3/c1-3-18-12(16)10-7-15(8-14-10)9-4-5-11(17-2)13-6-9/h4-8H,3H2,1-2H3. The highest BCUT2D eigenvalue weighted by atomic mass is 16.5. The summed E-state index contributed by atoms with van der Waals surface area (Å²) in [5, 5.41) is 0. The van der Waals surface area contributed by atoms with Crippen LogP contribution < -0.4 is 4.74 Å². The molecule has 6 heteroatoms. The van der Waals surface area contributed by atoms with E-state index in [1.807, 2.05) is 6.07 Å². The third-order valence-corrected chi connectivity index (χ3v) is 2.30. The maximum atomic E-state index is 11.5. The minimum absolute atomic E-state index is 0.271. The Morgan fingerprint density at radius 3 is 2.83 bits per heavy atom. The van der Waals surface area contributed by atoms with Crippen LogP contribution in [-0.2, 0) is 4.74 Å². The lowest BCUT2D eigenvalue weighted by molar-refractivity contribution is 0.0520. The van der Waals surface area contributed by atoms with Gasteiger partial charge in [0.05, 0.1) is 25.6 Å². The molecule has 0 bridgehead atoms. The summed E-state index contributed by atoms with van der Waals surface area (Å²) in [5.74, 6) is 0.0993. The number of carbonyl (C=O) groups is 1. The molecular formula is C12H13N3O3. The van der Waals surface area contributed by atoms with Gasteiger partial charge in [-0.1, -0.05) is 0 Å². The fourth-order valence-corrected chi connectivity index (χ4v) is 1.42. The highest BCUT2D eigenvalue weighted by molar-refractivity contribution is 5.87. The fraction of sp³-hybridized carbons (Fsp3) is 0.250. The van der Waals surface area contributed by atoms with Gasteiger partial charge >= 0.3 is 5.97 Å². The summed E-state index contributed by atoms with van der Waals surface area (Å²) in [5.41, 5.74) is 1.06. The number of methoxy groups -OCH3 is 1. The maximum Gasteiger partial charge on any atom is 0.358 e. The van der Waals surface area contributed by atoms with Crippen LogP contribution in [0, 0.1) is 0 Å². The van der Waals surface area contributed by atoms with E-state index in [1.165, 1.54) is 6.33 Å². The lowest BCUT2D eigenvalue weighted by Crippen LogP contribution is -2.04. The van der Waals surface area contributed by atoms with Crippen molar-refractivity contribution in [2.45, 2.75) is 6.92 Å². The molecule has 0 saturated carbocycles. The van der Waals surface area contributed by atoms with E-state index < -0.39 is 5.97 Å². The van der Waals surface area contributed by atoms with Gasteiger partial charge in [-0.05, 0) is 13.0 Å². The molecule has 94 valence electrons. The molecule has 0 amide bonds. The summed E-state index contributed by atoms with van der Waals surface area (Å²) in [7, 11) is 1.55. The van der Waals surface area contributed by atoms with Gasteiger partial charge in [-0.25, -0.2) is 14.8 Å². The molecule has 0 atom stereocenters. The quantitative estimate of drug-likeness (QED) is 0.765. The summed E-state index contributed by atoms with van der Waals surface area (Å²) in [6, 6.07) is 3.56. The predicted molar refractivity (Wildman–Crippen MR) is 63.9 cm³/mol. The van der Waals surface area contributed by atoms with E-state index in [1.54, 1.807) is 37.1 Å². The normalized spacial score (nSPS) is 10.1. The molecule has 2 aromatic heterocycles. The molecule has 0 N–H and O–H groups in total. The van der Waals surface area contributed by atoms with Crippen LogP contribution in [0.3, 0.4) is 0 Å². The van der Waals surface area contributed by atoms with Crippen LogP contribution in [0.5, 0.6) is 5.88 Å². The molecule has 18 heavy (non-hydrogen) atoms. The van der Waals surface area contributed by atoms with E-state index in [2.05, 4.69) is 9.97 Å². The van der Waals surface area contributed by atoms with Gasteiger partial charge < -0.3 is 14.0 Å². The lowest BCUT2D eigenvalue weighted by Gasteiger charge is -2.02. The van der Waals surface area contributed by atoms with Crippen LogP contribution in [0.2, 0.25) is 0 Å². The van der Waals surface area contributed by atoms with E-state index in [9.17, 15) is 4.79 Å². The van der Waals surface area contributed by atoms with E-state index in [0.717, 1.165) is 5.69 Å². The van der Waals surface area contributed by atoms with Gasteiger partial charge in [-0.3, -0.25) is 0 Å². The van der Waals surface area contributed by atoms with E-state index >= 15 is 0 Å². The van der Waals surface area contributed by atoms with Gasteiger partial charge in [0.15, 0.2) is 5.69 Å². The number of aromatic nitrogens is 3. The molecule has 0 unspecified atom stereocenters. The summed E-state index contributed by atoms with van der Waals surface area (Å²) < 4.78 is 11.5. The average molecular weight is 247 g/mol. The molecular weight excluding hydrogens is 234 g/mol. The van der Waals surface area contributed by atoms with E-state index in [0.29, 0.717) is 12.5 Å². The lowest BCUT2D eigenvalue weighted by atomic mass is 10.4. The summed E-state index contributed by atoms with van der Waals surface area (Å²) in [4.78, 5) is 19.5. The van der Waals surface area contributed by atoms with Crippen LogP contribution in [0.15, 0.2) is 30.9 Å². The first-order valence-corrected chi connectivity index (χ1v) is 5.46. The van der Waals surface area contributed by atoms with Crippen molar-refractivity contribution >= 4 is 5.97 Å². The zero-order valence-electron chi connectivity index (χ0n) is 10.2. The molecule has 0 fully saturated rings. The molecule has 6 nitrogen and oxygen atoms in total. The van der Waals surface area contributed by atoms with Gasteiger partial charge in [-0.15, -0.1) is 0 Å². The monoisotopic (exact) mass is 247 g/mol. The molecule has 0 spiro atoms. The zero-order chi connectivity index (χ0) is 13.0. The van der Waals surface area contributed by atoms with Crippen LogP contribution in [0.1, 0.15) is 17.4 Å². The van der Waals surface area contributed by atoms with Crippen molar-refractivity contribution in [2.24, 2.45) is 0 Å². The maximum absolute atomic E-state index is 11.5. The Morgan fingerprint density at radius 2 is 2.22 bits per heavy atom. The molecule has 0 radical (unpaired) electrons. The second-order valence-corrected chi connectivity index (χ2v) is 3.45. The van der Waals surface area contributed by atoms with Crippen molar-refractivity contribution in [1.82, 2.24) is 14.5 Å². The van der Waals surface area contributed by atoms with Crippen LogP contribution in [0.25, 0.3) is 5.69 Å². The Hall–Kier alpha value is -2.37. The van der Waals surface area contributed by atoms with Crippen molar-refractivity contribution in [3.8, 4) is 11.6 Å². The molecule has 0 aliphatic rings. The fourth-order valence-electron chi connectivity index (χ4n) is 1.42. The topological polar surface area (TPSA) is 66.2 Å². The van der Waals surface area contributed by atoms with Crippen LogP contribution in [0.4, 0.5) is 0 Å². The number of carbonyl (C=O) groups excluding carboxylic acids is 1. The second kappa shape index (κ2) is 5.31. The Labute approximate surface area is 104 Å². The number of ether oxygens (including phenoxy) is 2. The molecule has 0 aromatic carbocycles. The van der Waals surface area contributed by atoms with Crippen molar-refractivity contribution < 1.29 is 14.3 Å². The Bertz CT molecular complexity index is 534. The van der Waals surface area contributed by atoms with Crippen molar-refractivity contribution in [1.29, 1.82) is 0 Å². The first-order valence-electron chi connectivity index (χ1n) is 5.46. The van der Waals surface area contributed by atoms with Gasteiger partial charge in [0.25, 0.3) is 0 Å². The molecule has 2 rings (SSSR count). The third kappa shape index (κ3) is 2.48. The molecule has 0 saturated heterocycles. The van der Waals surface area contributed by atoms with Crippen molar-refractivity contribution in [2.75, 3.05) is 13.7 Å². The van der Waals surface area contributed by atoms with E-state index in [-0.39, 0.29) is 5.69 Å². The first kappa shape index (κ1) is 12.1. The number of nitrogens with zero attached hydrogens (tertiary/aromatic N) is 3. The summed E-state index contributed by atoms with van der Waals surface area (Å²) in [6.07, 6.45) is 4.77. The highest BCUT2D eigenvalue weighted by Crippen LogP contribution is 2.12. The molecule has 2 heterocycles. The molecule has 2 aromatic rings. The Balaban J connectivity index is 2.20. The van der Waals surface area contributed by atoms with Crippen molar-refractivity contribution in [3.05, 3.63) is 36.5 Å². The number of hydrogen-bond donors (Lipinski definition) is 0. The minimum atomic E-state index is -0.433. The smallest absolute Gasteiger partial charge is 0.358 e. The van der Waals surface area contributed by atoms with Gasteiger partial charge in [0.2, 0.25) is 5.88 Å². The minimum Gasteiger partial charge on any atom is -0.481 e. The Morgan fingerprint density at radius 1 is 1.39 bits per heavy atom. The Kier molecular flexibility index (Phi) is 3.57. The average Bonchev–Trinajstić information content (AvgIpc) is 2.89.